The third kappa shape index (κ3) is 2.76. The van der Waals surface area contributed by atoms with E-state index in [1.54, 1.807) is 30.3 Å². The van der Waals surface area contributed by atoms with Crippen LogP contribution < -0.4 is 4.90 Å². The number of anilines is 1. The van der Waals surface area contributed by atoms with E-state index < -0.39 is 23.2 Å². The fourth-order valence-electron chi connectivity index (χ4n) is 4.25. The Bertz CT molecular complexity index is 1220. The van der Waals surface area contributed by atoms with Crippen LogP contribution in [0.15, 0.2) is 59.7 Å². The summed E-state index contributed by atoms with van der Waals surface area (Å²) in [5.74, 6) is 0.144. The lowest BCUT2D eigenvalue weighted by Gasteiger charge is -2.38. The Labute approximate surface area is 183 Å². The summed E-state index contributed by atoms with van der Waals surface area (Å²) < 4.78 is 0. The summed E-state index contributed by atoms with van der Waals surface area (Å²) in [5.41, 5.74) is 3.12. The first-order chi connectivity index (χ1) is 15.3. The van der Waals surface area contributed by atoms with Gasteiger partial charge in [0.2, 0.25) is 5.96 Å². The highest BCUT2D eigenvalue weighted by molar-refractivity contribution is 6.16. The smallest absolute Gasteiger partial charge is 0.302 e. The van der Waals surface area contributed by atoms with E-state index in [1.807, 2.05) is 36.1 Å². The molecule has 2 unspecified atom stereocenters. The number of nitro groups is 1. The number of aryl methyl sites for hydroxylation is 1. The first kappa shape index (κ1) is 19.7. The Morgan fingerprint density at radius 3 is 2.47 bits per heavy atom. The molecule has 3 amide bonds. The number of urea groups is 1. The van der Waals surface area contributed by atoms with Crippen molar-refractivity contribution in [2.75, 3.05) is 19.0 Å². The lowest BCUT2D eigenvalue weighted by Crippen LogP contribution is -2.63. The number of carbonyl (C=O) groups is 2. The van der Waals surface area contributed by atoms with Gasteiger partial charge in [-0.05, 0) is 19.1 Å². The predicted molar refractivity (Wildman–Crippen MR) is 118 cm³/mol. The minimum absolute atomic E-state index is 0.0297. The number of non-ortho nitro benzene ring substituents is 1. The molecule has 10 heteroatoms. The zero-order valence-electron chi connectivity index (χ0n) is 17.7. The molecule has 32 heavy (non-hydrogen) atoms. The number of likely N-dealkylation sites (N-methyl/N-ethyl adjacent to an activating group) is 2. The van der Waals surface area contributed by atoms with Gasteiger partial charge in [0.1, 0.15) is 0 Å². The minimum Gasteiger partial charge on any atom is -0.302 e. The van der Waals surface area contributed by atoms with Gasteiger partial charge in [-0.2, -0.15) is 0 Å². The van der Waals surface area contributed by atoms with Crippen molar-refractivity contribution in [1.29, 1.82) is 0 Å². The van der Waals surface area contributed by atoms with Gasteiger partial charge < -0.3 is 4.90 Å². The van der Waals surface area contributed by atoms with Crippen LogP contribution in [0.25, 0.3) is 5.70 Å². The van der Waals surface area contributed by atoms with Crippen molar-refractivity contribution < 1.29 is 14.5 Å². The number of aliphatic imine (C=N–C) groups is 1. The van der Waals surface area contributed by atoms with Gasteiger partial charge >= 0.3 is 6.03 Å². The van der Waals surface area contributed by atoms with E-state index >= 15 is 0 Å². The molecule has 0 radical (unpaired) electrons. The van der Waals surface area contributed by atoms with Gasteiger partial charge in [-0.3, -0.25) is 29.6 Å². The van der Waals surface area contributed by atoms with Crippen molar-refractivity contribution >= 4 is 35.0 Å². The van der Waals surface area contributed by atoms with Crippen LogP contribution in [-0.4, -0.2) is 63.8 Å². The number of rotatable bonds is 3. The maximum atomic E-state index is 13.0. The van der Waals surface area contributed by atoms with Crippen LogP contribution in [0.1, 0.15) is 11.1 Å². The molecule has 162 valence electrons. The van der Waals surface area contributed by atoms with Gasteiger partial charge in [0.05, 0.1) is 10.6 Å². The molecule has 2 aromatic carbocycles. The van der Waals surface area contributed by atoms with Gasteiger partial charge in [-0.15, -0.1) is 0 Å². The Kier molecular flexibility index (Phi) is 4.26. The van der Waals surface area contributed by atoms with E-state index in [0.29, 0.717) is 17.2 Å². The summed E-state index contributed by atoms with van der Waals surface area (Å²) >= 11 is 0. The molecule has 0 aliphatic carbocycles. The number of hydrogen-bond donors (Lipinski definition) is 0. The van der Waals surface area contributed by atoms with E-state index in [1.165, 1.54) is 24.1 Å². The summed E-state index contributed by atoms with van der Waals surface area (Å²) in [5, 5.41) is 11.3. The largest absolute Gasteiger partial charge is 0.328 e. The number of hydrogen-bond acceptors (Lipinski definition) is 7. The normalized spacial score (nSPS) is 22.1. The molecule has 1 fully saturated rings. The standard InChI is InChI=1S/C22H20N6O4/c1-13-7-9-15(10-8-13)27-17(14-5-4-6-16(11-14)28(31)32)12-26-18-19(23-21(26)27)24(2)22(30)25(3)20(18)29/h4-12,18-19H,1-3H3. The van der Waals surface area contributed by atoms with Gasteiger partial charge in [0.15, 0.2) is 12.2 Å². The molecule has 0 spiro atoms. The van der Waals surface area contributed by atoms with Crippen LogP contribution in [0.5, 0.6) is 0 Å². The molecule has 0 aromatic heterocycles. The average Bonchev–Trinajstić information content (AvgIpc) is 3.33. The van der Waals surface area contributed by atoms with Crippen molar-refractivity contribution in [3.05, 3.63) is 76.0 Å². The summed E-state index contributed by atoms with van der Waals surface area (Å²) in [6.07, 6.45) is 1.12. The highest BCUT2D eigenvalue weighted by Crippen LogP contribution is 2.40. The van der Waals surface area contributed by atoms with E-state index in [2.05, 4.69) is 0 Å². The fraction of sp³-hybridized carbons (Fsp3) is 0.227. The Balaban J connectivity index is 1.66. The van der Waals surface area contributed by atoms with Crippen LogP contribution in [0.2, 0.25) is 0 Å². The quantitative estimate of drug-likeness (QED) is 0.546. The van der Waals surface area contributed by atoms with E-state index in [-0.39, 0.29) is 11.6 Å². The number of amides is 3. The van der Waals surface area contributed by atoms with Crippen molar-refractivity contribution in [1.82, 2.24) is 14.7 Å². The Morgan fingerprint density at radius 2 is 1.78 bits per heavy atom. The van der Waals surface area contributed by atoms with Crippen molar-refractivity contribution in [2.24, 2.45) is 4.99 Å². The monoisotopic (exact) mass is 432 g/mol. The summed E-state index contributed by atoms with van der Waals surface area (Å²) in [6, 6.07) is 13.0. The van der Waals surface area contributed by atoms with Crippen LogP contribution in [0.3, 0.4) is 0 Å². The van der Waals surface area contributed by atoms with Crippen LogP contribution >= 0.6 is 0 Å². The van der Waals surface area contributed by atoms with Gasteiger partial charge in [0.25, 0.3) is 11.6 Å². The molecular weight excluding hydrogens is 412 g/mol. The first-order valence-corrected chi connectivity index (χ1v) is 10.0. The number of imide groups is 1. The Hall–Kier alpha value is -4.21. The maximum absolute atomic E-state index is 13.0. The van der Waals surface area contributed by atoms with Crippen molar-refractivity contribution in [3.8, 4) is 0 Å². The molecule has 2 atom stereocenters. The number of carbonyl (C=O) groups excluding carboxylic acids is 2. The highest BCUT2D eigenvalue weighted by atomic mass is 16.6. The summed E-state index contributed by atoms with van der Waals surface area (Å²) in [6.45, 7) is 1.98. The van der Waals surface area contributed by atoms with E-state index in [4.69, 9.17) is 4.99 Å². The van der Waals surface area contributed by atoms with Gasteiger partial charge in [-0.25, -0.2) is 9.79 Å². The second-order valence-electron chi connectivity index (χ2n) is 7.98. The predicted octanol–water partition coefficient (Wildman–Crippen LogP) is 2.61. The fourth-order valence-corrected chi connectivity index (χ4v) is 4.25. The molecule has 0 N–H and O–H groups in total. The molecule has 0 bridgehead atoms. The van der Waals surface area contributed by atoms with Gasteiger partial charge in [-0.1, -0.05) is 29.8 Å². The zero-order chi connectivity index (χ0) is 22.7. The molecule has 3 aliphatic rings. The number of guanidine groups is 1. The van der Waals surface area contributed by atoms with E-state index in [0.717, 1.165) is 16.2 Å². The van der Waals surface area contributed by atoms with Crippen LogP contribution in [0.4, 0.5) is 16.2 Å². The van der Waals surface area contributed by atoms with Crippen LogP contribution in [0, 0.1) is 17.0 Å². The molecule has 1 saturated heterocycles. The molecule has 5 rings (SSSR count). The second-order valence-corrected chi connectivity index (χ2v) is 7.98. The topological polar surface area (TPSA) is 103 Å². The molecule has 2 aromatic rings. The SMILES string of the molecule is Cc1ccc(N2C(c3cccc([N+](=O)[O-])c3)=CN3C2=NC2C3C(=O)N(C)C(=O)N2C)cc1. The Morgan fingerprint density at radius 1 is 1.06 bits per heavy atom. The third-order valence-corrected chi connectivity index (χ3v) is 5.98. The summed E-state index contributed by atoms with van der Waals surface area (Å²) in [7, 11) is 3.07. The molecule has 3 heterocycles. The highest BCUT2D eigenvalue weighted by Gasteiger charge is 2.54. The lowest BCUT2D eigenvalue weighted by molar-refractivity contribution is -0.384. The molecule has 0 saturated carbocycles. The van der Waals surface area contributed by atoms with Gasteiger partial charge in [0, 0.05) is 43.7 Å². The number of benzene rings is 2. The molecular formula is C22H20N6O4. The molecule has 3 aliphatic heterocycles. The summed E-state index contributed by atoms with van der Waals surface area (Å²) in [4.78, 5) is 47.2. The molecule has 10 nitrogen and oxygen atoms in total. The first-order valence-electron chi connectivity index (χ1n) is 10.0. The van der Waals surface area contributed by atoms with Crippen LogP contribution in [-0.2, 0) is 4.79 Å². The number of nitro benzene ring substituents is 1. The van der Waals surface area contributed by atoms with Crippen molar-refractivity contribution in [2.45, 2.75) is 19.1 Å². The number of nitrogens with zero attached hydrogens (tertiary/aromatic N) is 6. The van der Waals surface area contributed by atoms with Crippen molar-refractivity contribution in [3.63, 3.8) is 0 Å². The number of fused-ring (bicyclic) bond motifs is 3. The zero-order valence-corrected chi connectivity index (χ0v) is 17.7. The third-order valence-electron chi connectivity index (χ3n) is 5.98. The lowest BCUT2D eigenvalue weighted by atomic mass is 10.1. The van der Waals surface area contributed by atoms with E-state index in [9.17, 15) is 19.7 Å². The maximum Gasteiger partial charge on any atom is 0.328 e. The second kappa shape index (κ2) is 6.91. The average molecular weight is 432 g/mol. The minimum atomic E-state index is -0.707.